The first kappa shape index (κ1) is 19.9. The molecule has 3 atom stereocenters. The number of amides is 1. The van der Waals surface area contributed by atoms with Gasteiger partial charge in [0.15, 0.2) is 6.10 Å². The lowest BCUT2D eigenvalue weighted by molar-refractivity contribution is 0.0761. The second kappa shape index (κ2) is 8.55. The van der Waals surface area contributed by atoms with Crippen molar-refractivity contribution >= 4 is 11.8 Å². The van der Waals surface area contributed by atoms with Gasteiger partial charge in [0.2, 0.25) is 0 Å². The fourth-order valence-electron chi connectivity index (χ4n) is 3.84. The van der Waals surface area contributed by atoms with Crippen LogP contribution in [0.1, 0.15) is 23.7 Å². The van der Waals surface area contributed by atoms with E-state index in [0.717, 1.165) is 5.56 Å². The van der Waals surface area contributed by atoms with Gasteiger partial charge in [0.25, 0.3) is 0 Å². The van der Waals surface area contributed by atoms with Crippen molar-refractivity contribution in [1.29, 1.82) is 0 Å². The van der Waals surface area contributed by atoms with Crippen molar-refractivity contribution in [2.45, 2.75) is 31.1 Å². The number of rotatable bonds is 6. The molecule has 154 valence electrons. The van der Waals surface area contributed by atoms with Crippen LogP contribution in [0.5, 0.6) is 5.75 Å². The van der Waals surface area contributed by atoms with Crippen LogP contribution in [0.2, 0.25) is 0 Å². The molecular formula is C24H22FNO4. The molecule has 0 aliphatic carbocycles. The molecule has 4 rings (SSSR count). The number of phenols is 1. The molecule has 1 aliphatic rings. The summed E-state index contributed by atoms with van der Waals surface area (Å²) in [5, 5.41) is 21.0. The maximum atomic E-state index is 13.4. The number of aliphatic hydroxyl groups is 1. The van der Waals surface area contributed by atoms with E-state index in [9.17, 15) is 19.4 Å². The molecule has 1 heterocycles. The molecule has 1 aliphatic heterocycles. The van der Waals surface area contributed by atoms with Crippen LogP contribution < -0.4 is 4.90 Å². The maximum Gasteiger partial charge on any atom is 0.415 e. The van der Waals surface area contributed by atoms with Crippen LogP contribution >= 0.6 is 0 Å². The van der Waals surface area contributed by atoms with Crippen molar-refractivity contribution in [3.63, 3.8) is 0 Å². The van der Waals surface area contributed by atoms with E-state index in [1.54, 1.807) is 12.1 Å². The van der Waals surface area contributed by atoms with Crippen molar-refractivity contribution in [2.24, 2.45) is 0 Å². The Morgan fingerprint density at radius 1 is 1.00 bits per heavy atom. The topological polar surface area (TPSA) is 70.0 Å². The van der Waals surface area contributed by atoms with E-state index in [1.807, 2.05) is 30.3 Å². The summed E-state index contributed by atoms with van der Waals surface area (Å²) in [7, 11) is 0. The molecule has 30 heavy (non-hydrogen) atoms. The second-order valence-electron chi connectivity index (χ2n) is 7.33. The Balaban J connectivity index is 1.66. The van der Waals surface area contributed by atoms with E-state index in [-0.39, 0.29) is 5.75 Å². The summed E-state index contributed by atoms with van der Waals surface area (Å²) in [5.41, 5.74) is 2.09. The third-order valence-corrected chi connectivity index (χ3v) is 5.30. The van der Waals surface area contributed by atoms with Gasteiger partial charge in [-0.05, 0) is 60.4 Å². The molecule has 1 amide bonds. The summed E-state index contributed by atoms with van der Waals surface area (Å²) < 4.78 is 19.0. The van der Waals surface area contributed by atoms with Gasteiger partial charge in [0, 0.05) is 5.69 Å². The lowest BCUT2D eigenvalue weighted by Gasteiger charge is -2.29. The normalized spacial score (nSPS) is 19.5. The van der Waals surface area contributed by atoms with Crippen LogP contribution in [0.15, 0.2) is 78.9 Å². The molecule has 0 spiro atoms. The molecule has 1 saturated heterocycles. The maximum absolute atomic E-state index is 13.4. The molecule has 0 radical (unpaired) electrons. The molecule has 0 unspecified atom stereocenters. The second-order valence-corrected chi connectivity index (χ2v) is 7.33. The predicted molar refractivity (Wildman–Crippen MR) is 111 cm³/mol. The zero-order valence-electron chi connectivity index (χ0n) is 16.2. The van der Waals surface area contributed by atoms with Crippen molar-refractivity contribution in [1.82, 2.24) is 0 Å². The van der Waals surface area contributed by atoms with Crippen LogP contribution in [0.4, 0.5) is 14.9 Å². The van der Waals surface area contributed by atoms with E-state index in [4.69, 9.17) is 4.74 Å². The number of hydrogen-bond donors (Lipinski definition) is 2. The predicted octanol–water partition coefficient (Wildman–Crippen LogP) is 4.59. The molecule has 3 aromatic rings. The summed E-state index contributed by atoms with van der Waals surface area (Å²) in [6, 6.07) is 21.0. The number of halogens is 1. The van der Waals surface area contributed by atoms with Crippen LogP contribution in [-0.4, -0.2) is 28.5 Å². The number of aryl methyl sites for hydroxylation is 1. The number of carbonyl (C=O) groups is 1. The SMILES string of the molecule is O=C1O[C@@H](c2cccc(O)c2)[C@@H]([C@@H](O)CCc2ccccc2)N1c1ccc(F)cc1. The summed E-state index contributed by atoms with van der Waals surface area (Å²) >= 11 is 0. The fourth-order valence-corrected chi connectivity index (χ4v) is 3.84. The molecule has 1 fully saturated rings. The van der Waals surface area contributed by atoms with Crippen molar-refractivity contribution < 1.29 is 24.1 Å². The first-order valence-corrected chi connectivity index (χ1v) is 9.79. The first-order chi connectivity index (χ1) is 14.5. The molecule has 0 saturated carbocycles. The number of anilines is 1. The van der Waals surface area contributed by atoms with Gasteiger partial charge in [-0.3, -0.25) is 4.90 Å². The van der Waals surface area contributed by atoms with Gasteiger partial charge in [0.05, 0.1) is 6.10 Å². The minimum absolute atomic E-state index is 0.0429. The van der Waals surface area contributed by atoms with E-state index in [2.05, 4.69) is 0 Å². The monoisotopic (exact) mass is 407 g/mol. The van der Waals surface area contributed by atoms with Gasteiger partial charge < -0.3 is 14.9 Å². The third kappa shape index (κ3) is 4.14. The van der Waals surface area contributed by atoms with E-state index < -0.39 is 30.2 Å². The molecule has 2 N–H and O–H groups in total. The number of phenolic OH excluding ortho intramolecular Hbond substituents is 1. The zero-order valence-corrected chi connectivity index (χ0v) is 16.2. The lowest BCUT2D eigenvalue weighted by atomic mass is 9.93. The van der Waals surface area contributed by atoms with Gasteiger partial charge in [0.1, 0.15) is 17.6 Å². The number of aromatic hydroxyl groups is 1. The van der Waals surface area contributed by atoms with Crippen LogP contribution in [0.3, 0.4) is 0 Å². The molecule has 5 nitrogen and oxygen atoms in total. The van der Waals surface area contributed by atoms with Crippen LogP contribution in [0.25, 0.3) is 0 Å². The quantitative estimate of drug-likeness (QED) is 0.627. The smallest absolute Gasteiger partial charge is 0.415 e. The number of hydrogen-bond acceptors (Lipinski definition) is 4. The summed E-state index contributed by atoms with van der Waals surface area (Å²) in [6.07, 6.45) is -1.29. The molecule has 6 heteroatoms. The average molecular weight is 407 g/mol. The van der Waals surface area contributed by atoms with Gasteiger partial charge >= 0.3 is 6.09 Å². The number of carbonyl (C=O) groups excluding carboxylic acids is 1. The highest BCUT2D eigenvalue weighted by Gasteiger charge is 2.47. The van der Waals surface area contributed by atoms with Crippen molar-refractivity contribution in [3.05, 3.63) is 95.8 Å². The Kier molecular flexibility index (Phi) is 5.68. The number of cyclic esters (lactones) is 1. The van der Waals surface area contributed by atoms with Gasteiger partial charge in [-0.2, -0.15) is 0 Å². The minimum Gasteiger partial charge on any atom is -0.508 e. The number of aliphatic hydroxyl groups excluding tert-OH is 1. The Morgan fingerprint density at radius 2 is 1.73 bits per heavy atom. The van der Waals surface area contributed by atoms with E-state index in [0.29, 0.717) is 24.1 Å². The van der Waals surface area contributed by atoms with Crippen LogP contribution in [-0.2, 0) is 11.2 Å². The summed E-state index contributed by atoms with van der Waals surface area (Å²) in [5.74, 6) is -0.377. The van der Waals surface area contributed by atoms with Crippen molar-refractivity contribution in [2.75, 3.05) is 4.90 Å². The van der Waals surface area contributed by atoms with Gasteiger partial charge in [-0.25, -0.2) is 9.18 Å². The highest BCUT2D eigenvalue weighted by molar-refractivity contribution is 5.91. The number of benzene rings is 3. The summed E-state index contributed by atoms with van der Waals surface area (Å²) in [4.78, 5) is 14.1. The number of ether oxygens (including phenoxy) is 1. The lowest BCUT2D eigenvalue weighted by Crippen LogP contribution is -2.43. The largest absolute Gasteiger partial charge is 0.508 e. The molecule has 0 aromatic heterocycles. The molecule has 0 bridgehead atoms. The average Bonchev–Trinajstić information content (AvgIpc) is 3.10. The van der Waals surface area contributed by atoms with Crippen molar-refractivity contribution in [3.8, 4) is 5.75 Å². The fraction of sp³-hybridized carbons (Fsp3) is 0.208. The van der Waals surface area contributed by atoms with Gasteiger partial charge in [-0.1, -0.05) is 42.5 Å². The molecule has 3 aromatic carbocycles. The zero-order chi connectivity index (χ0) is 21.1. The number of nitrogens with zero attached hydrogens (tertiary/aromatic N) is 1. The van der Waals surface area contributed by atoms with Gasteiger partial charge in [-0.15, -0.1) is 0 Å². The first-order valence-electron chi connectivity index (χ1n) is 9.79. The van der Waals surface area contributed by atoms with Crippen LogP contribution in [0, 0.1) is 5.82 Å². The Hall–Kier alpha value is -3.38. The standard InChI is InChI=1S/C24H22FNO4/c25-18-10-12-19(13-11-18)26-22(21(28)14-9-16-5-2-1-3-6-16)23(30-24(26)29)17-7-4-8-20(27)15-17/h1-8,10-13,15,21-23,27-28H,9,14H2/t21-,22+,23-/m0/s1. The minimum atomic E-state index is -0.908. The summed E-state index contributed by atoms with van der Waals surface area (Å²) in [6.45, 7) is 0. The van der Waals surface area contributed by atoms with E-state index in [1.165, 1.54) is 41.3 Å². The third-order valence-electron chi connectivity index (χ3n) is 5.30. The highest BCUT2D eigenvalue weighted by Crippen LogP contribution is 2.39. The Bertz CT molecular complexity index is 1010. The Labute approximate surface area is 174 Å². The highest BCUT2D eigenvalue weighted by atomic mass is 19.1. The van der Waals surface area contributed by atoms with E-state index >= 15 is 0 Å². The Morgan fingerprint density at radius 3 is 2.43 bits per heavy atom. The molecular weight excluding hydrogens is 385 g/mol.